The molecule has 3 aromatic rings. The summed E-state index contributed by atoms with van der Waals surface area (Å²) < 4.78 is 2.96. The van der Waals surface area contributed by atoms with Crippen LogP contribution in [-0.2, 0) is 13.1 Å². The van der Waals surface area contributed by atoms with Gasteiger partial charge in [0, 0.05) is 16.0 Å². The van der Waals surface area contributed by atoms with E-state index in [1.165, 1.54) is 9.90 Å². The number of anilines is 1. The van der Waals surface area contributed by atoms with Crippen molar-refractivity contribution in [2.75, 3.05) is 5.32 Å². The molecule has 0 radical (unpaired) electrons. The van der Waals surface area contributed by atoms with Crippen LogP contribution in [-0.4, -0.2) is 53.2 Å². The molecule has 8 nitrogen and oxygen atoms in total. The molecule has 0 saturated heterocycles. The highest BCUT2D eigenvalue weighted by atomic mass is 127. The molecule has 2 aliphatic carbocycles. The molecule has 5 rings (SSSR count). The Morgan fingerprint density at radius 3 is 2.79 bits per heavy atom. The zero-order valence-electron chi connectivity index (χ0n) is 15.6. The maximum Gasteiger partial charge on any atom is 0.165 e. The van der Waals surface area contributed by atoms with Crippen molar-refractivity contribution in [3.05, 3.63) is 46.1 Å². The molecule has 2 saturated carbocycles. The minimum Gasteiger partial charge on any atom is -0.391 e. The fraction of sp³-hybridized carbons (Fsp3) is 0.450. The Bertz CT molecular complexity index is 1040. The van der Waals surface area contributed by atoms with E-state index in [9.17, 15) is 15.3 Å². The lowest BCUT2D eigenvalue weighted by atomic mass is 9.93. The first-order valence-corrected chi connectivity index (χ1v) is 10.8. The summed E-state index contributed by atoms with van der Waals surface area (Å²) in [6, 6.07) is 8.22. The van der Waals surface area contributed by atoms with Gasteiger partial charge in [0.05, 0.1) is 31.2 Å². The molecule has 0 amide bonds. The maximum atomic E-state index is 10.7. The Labute approximate surface area is 181 Å². The second kappa shape index (κ2) is 7.46. The van der Waals surface area contributed by atoms with Crippen LogP contribution in [0.2, 0.25) is 0 Å². The van der Waals surface area contributed by atoms with Crippen LogP contribution in [0.5, 0.6) is 0 Å². The molecule has 4 N–H and O–H groups in total. The molecule has 0 bridgehead atoms. The van der Waals surface area contributed by atoms with Gasteiger partial charge in [-0.15, -0.1) is 0 Å². The molecule has 9 heteroatoms. The summed E-state index contributed by atoms with van der Waals surface area (Å²) in [6.45, 7) is 0.884. The minimum absolute atomic E-state index is 0.128. The largest absolute Gasteiger partial charge is 0.391 e. The quantitative estimate of drug-likeness (QED) is 0.373. The number of aromatic nitrogens is 4. The van der Waals surface area contributed by atoms with Crippen molar-refractivity contribution in [1.29, 1.82) is 0 Å². The average Bonchev–Trinajstić information content (AvgIpc) is 3.31. The molecule has 2 aliphatic rings. The third-order valence-electron chi connectivity index (χ3n) is 6.15. The Morgan fingerprint density at radius 2 is 2.03 bits per heavy atom. The van der Waals surface area contributed by atoms with Crippen LogP contribution in [0, 0.1) is 21.3 Å². The molecule has 6 unspecified atom stereocenters. The molecule has 2 fully saturated rings. The molecule has 29 heavy (non-hydrogen) atoms. The van der Waals surface area contributed by atoms with E-state index >= 15 is 0 Å². The number of benzene rings is 1. The molecule has 152 valence electrons. The number of aliphatic hydroxyl groups is 3. The van der Waals surface area contributed by atoms with E-state index in [0.717, 1.165) is 12.0 Å². The Kier molecular flexibility index (Phi) is 4.93. The zero-order chi connectivity index (χ0) is 20.1. The van der Waals surface area contributed by atoms with Crippen molar-refractivity contribution in [2.24, 2.45) is 17.8 Å². The number of aliphatic hydroxyl groups excluding tert-OH is 3. The monoisotopic (exact) mass is 507 g/mol. The highest BCUT2D eigenvalue weighted by Crippen LogP contribution is 2.56. The van der Waals surface area contributed by atoms with Crippen molar-refractivity contribution in [3.8, 4) is 0 Å². The third kappa shape index (κ3) is 3.49. The Balaban J connectivity index is 1.33. The molecular formula is C20H22IN5O3. The predicted molar refractivity (Wildman–Crippen MR) is 115 cm³/mol. The van der Waals surface area contributed by atoms with Gasteiger partial charge in [-0.3, -0.25) is 0 Å². The lowest BCUT2D eigenvalue weighted by molar-refractivity contribution is -0.0431. The van der Waals surface area contributed by atoms with Crippen LogP contribution in [0.15, 0.2) is 36.9 Å². The zero-order valence-corrected chi connectivity index (χ0v) is 17.7. The SMILES string of the molecule is OC(Cn1cnc2c(NCc3cccc(I)c3)ncnc21)C1C(O)C(O)C2CC21. The first-order valence-electron chi connectivity index (χ1n) is 9.71. The lowest BCUT2D eigenvalue weighted by Crippen LogP contribution is -2.38. The van der Waals surface area contributed by atoms with Gasteiger partial charge in [0.25, 0.3) is 0 Å². The van der Waals surface area contributed by atoms with Crippen molar-refractivity contribution < 1.29 is 15.3 Å². The summed E-state index contributed by atoms with van der Waals surface area (Å²) in [4.78, 5) is 13.1. The van der Waals surface area contributed by atoms with E-state index in [0.29, 0.717) is 23.5 Å². The number of halogens is 1. The third-order valence-corrected chi connectivity index (χ3v) is 6.82. The summed E-state index contributed by atoms with van der Waals surface area (Å²) in [5, 5.41) is 34.3. The van der Waals surface area contributed by atoms with Crippen LogP contribution in [0.3, 0.4) is 0 Å². The van der Waals surface area contributed by atoms with Crippen LogP contribution >= 0.6 is 22.6 Å². The van der Waals surface area contributed by atoms with Gasteiger partial charge in [-0.05, 0) is 58.5 Å². The smallest absolute Gasteiger partial charge is 0.165 e. The second-order valence-corrected chi connectivity index (χ2v) is 9.21. The summed E-state index contributed by atoms with van der Waals surface area (Å²) in [5.74, 6) is 0.654. The molecule has 6 atom stereocenters. The number of fused-ring (bicyclic) bond motifs is 2. The number of nitrogens with zero attached hydrogens (tertiary/aromatic N) is 4. The number of rotatable bonds is 6. The topological polar surface area (TPSA) is 116 Å². The standard InChI is InChI=1S/C20H22IN5O3/c21-11-3-1-2-10(4-11)6-22-19-16-20(24-8-23-19)26(9-25-16)7-14(27)15-12-5-13(12)17(28)18(15)29/h1-4,8-9,12-15,17-18,27-29H,5-7H2,(H,22,23,24). The molecule has 0 spiro atoms. The van der Waals surface area contributed by atoms with Gasteiger partial charge in [0.1, 0.15) is 11.8 Å². The fourth-order valence-electron chi connectivity index (χ4n) is 4.62. The highest BCUT2D eigenvalue weighted by molar-refractivity contribution is 14.1. The molecule has 2 heterocycles. The Morgan fingerprint density at radius 1 is 1.17 bits per heavy atom. The number of nitrogens with one attached hydrogen (secondary N) is 1. The van der Waals surface area contributed by atoms with Gasteiger partial charge >= 0.3 is 0 Å². The second-order valence-electron chi connectivity index (χ2n) is 7.96. The van der Waals surface area contributed by atoms with Gasteiger partial charge in [-0.25, -0.2) is 15.0 Å². The van der Waals surface area contributed by atoms with Gasteiger partial charge < -0.3 is 25.2 Å². The summed E-state index contributed by atoms with van der Waals surface area (Å²) in [5.41, 5.74) is 2.41. The normalized spacial score (nSPS) is 29.0. The van der Waals surface area contributed by atoms with Crippen molar-refractivity contribution >= 4 is 39.6 Å². The summed E-state index contributed by atoms with van der Waals surface area (Å²) >= 11 is 2.28. The van der Waals surface area contributed by atoms with E-state index < -0.39 is 18.3 Å². The minimum atomic E-state index is -0.871. The van der Waals surface area contributed by atoms with Crippen LogP contribution in [0.1, 0.15) is 12.0 Å². The molecular weight excluding hydrogens is 485 g/mol. The van der Waals surface area contributed by atoms with E-state index in [-0.39, 0.29) is 24.3 Å². The van der Waals surface area contributed by atoms with Crippen molar-refractivity contribution in [1.82, 2.24) is 19.5 Å². The lowest BCUT2D eigenvalue weighted by Gasteiger charge is -2.25. The van der Waals surface area contributed by atoms with Gasteiger partial charge in [0.15, 0.2) is 11.5 Å². The van der Waals surface area contributed by atoms with E-state index in [1.54, 1.807) is 10.9 Å². The molecule has 2 aromatic heterocycles. The van der Waals surface area contributed by atoms with Crippen molar-refractivity contribution in [3.63, 3.8) is 0 Å². The first kappa shape index (κ1) is 19.2. The predicted octanol–water partition coefficient (Wildman–Crippen LogP) is 1.39. The number of imidazole rings is 1. The highest BCUT2D eigenvalue weighted by Gasteiger charge is 2.60. The van der Waals surface area contributed by atoms with Crippen LogP contribution in [0.25, 0.3) is 11.2 Å². The fourth-order valence-corrected chi connectivity index (χ4v) is 5.23. The van der Waals surface area contributed by atoms with Gasteiger partial charge in [-0.1, -0.05) is 12.1 Å². The van der Waals surface area contributed by atoms with Crippen molar-refractivity contribution in [2.45, 2.75) is 37.8 Å². The maximum absolute atomic E-state index is 10.7. The molecule has 1 aromatic carbocycles. The number of hydrogen-bond acceptors (Lipinski definition) is 7. The summed E-state index contributed by atoms with van der Waals surface area (Å²) in [7, 11) is 0. The van der Waals surface area contributed by atoms with E-state index in [1.807, 2.05) is 12.1 Å². The van der Waals surface area contributed by atoms with E-state index in [4.69, 9.17) is 0 Å². The van der Waals surface area contributed by atoms with Crippen LogP contribution in [0.4, 0.5) is 5.82 Å². The average molecular weight is 507 g/mol. The number of hydrogen-bond donors (Lipinski definition) is 4. The molecule has 0 aliphatic heterocycles. The first-order chi connectivity index (χ1) is 14.0. The van der Waals surface area contributed by atoms with E-state index in [2.05, 4.69) is 55.0 Å². The van der Waals surface area contributed by atoms with Gasteiger partial charge in [0.2, 0.25) is 0 Å². The Hall–Kier alpha value is -1.82. The summed E-state index contributed by atoms with van der Waals surface area (Å²) in [6.07, 6.45) is 1.63. The van der Waals surface area contributed by atoms with Crippen LogP contribution < -0.4 is 5.32 Å². The van der Waals surface area contributed by atoms with Gasteiger partial charge in [-0.2, -0.15) is 0 Å².